The molecule has 0 saturated carbocycles. The summed E-state index contributed by atoms with van der Waals surface area (Å²) in [4.78, 5) is 36.2. The van der Waals surface area contributed by atoms with E-state index in [9.17, 15) is 9.59 Å². The van der Waals surface area contributed by atoms with Crippen molar-refractivity contribution in [1.29, 1.82) is 0 Å². The van der Waals surface area contributed by atoms with E-state index in [1.807, 2.05) is 31.9 Å². The van der Waals surface area contributed by atoms with Gasteiger partial charge >= 0.3 is 0 Å². The van der Waals surface area contributed by atoms with E-state index in [1.54, 1.807) is 0 Å². The van der Waals surface area contributed by atoms with Gasteiger partial charge < -0.3 is 15.5 Å². The minimum absolute atomic E-state index is 0. The first-order valence-electron chi connectivity index (χ1n) is 11.6. The van der Waals surface area contributed by atoms with E-state index in [1.165, 1.54) is 12.4 Å². The lowest BCUT2D eigenvalue weighted by molar-refractivity contribution is -0.128. The van der Waals surface area contributed by atoms with Gasteiger partial charge in [-0.15, -0.1) is 0 Å². The Kier molecular flexibility index (Phi) is 14.0. The van der Waals surface area contributed by atoms with Crippen LogP contribution in [-0.2, 0) is 9.59 Å². The van der Waals surface area contributed by atoms with Gasteiger partial charge in [-0.3, -0.25) is 24.6 Å². The molecule has 0 aromatic rings. The maximum absolute atomic E-state index is 11.2. The second kappa shape index (κ2) is 14.1. The monoisotopic (exact) mass is 492 g/mol. The molecule has 8 nitrogen and oxygen atoms in total. The van der Waals surface area contributed by atoms with Crippen molar-refractivity contribution in [2.45, 2.75) is 94.8 Å². The Morgan fingerprint density at radius 2 is 1.51 bits per heavy atom. The third-order valence-electron chi connectivity index (χ3n) is 5.52. The lowest BCUT2D eigenvalue weighted by atomic mass is 9.86. The van der Waals surface area contributed by atoms with Crippen LogP contribution in [0.1, 0.15) is 77.2 Å². The first kappa shape index (κ1) is 34.7. The highest BCUT2D eigenvalue weighted by Gasteiger charge is 2.28. The third kappa shape index (κ3) is 12.7. The smallest absolute Gasteiger partial charge is 0.265 e. The van der Waals surface area contributed by atoms with Crippen molar-refractivity contribution in [3.63, 3.8) is 0 Å². The topological polar surface area (TPSA) is 98.5 Å². The molecular weight excluding hydrogens is 440 g/mol. The van der Waals surface area contributed by atoms with Gasteiger partial charge in [-0.2, -0.15) is 0 Å². The summed E-state index contributed by atoms with van der Waals surface area (Å²) >= 11 is 0. The van der Waals surface area contributed by atoms with Gasteiger partial charge in [0.05, 0.1) is 37.6 Å². The van der Waals surface area contributed by atoms with Gasteiger partial charge in [0.1, 0.15) is 0 Å². The van der Waals surface area contributed by atoms with Crippen LogP contribution in [0, 0.1) is 10.8 Å². The van der Waals surface area contributed by atoms with Crippen molar-refractivity contribution in [1.82, 2.24) is 15.5 Å². The third-order valence-corrected chi connectivity index (χ3v) is 5.52. The second-order valence-electron chi connectivity index (χ2n) is 11.7. The van der Waals surface area contributed by atoms with E-state index in [2.05, 4.69) is 73.7 Å². The summed E-state index contributed by atoms with van der Waals surface area (Å²) in [6.45, 7) is 25.9. The minimum atomic E-state index is -0.0730. The van der Waals surface area contributed by atoms with Gasteiger partial charge in [-0.25, -0.2) is 0 Å². The van der Waals surface area contributed by atoms with Crippen molar-refractivity contribution in [2.24, 2.45) is 25.8 Å². The molecule has 0 fully saturated rings. The summed E-state index contributed by atoms with van der Waals surface area (Å²) < 4.78 is 0. The number of hydrogen-bond donors (Lipinski definition) is 2. The van der Waals surface area contributed by atoms with Crippen molar-refractivity contribution in [2.75, 3.05) is 26.2 Å². The van der Waals surface area contributed by atoms with E-state index < -0.39 is 0 Å². The highest BCUT2D eigenvalue weighted by atomic mass is 16.2. The number of carbonyl (C=O) groups is 2. The fraction of sp³-hybridized carbons (Fsp3) is 0.741. The Morgan fingerprint density at radius 1 is 0.914 bits per heavy atom. The lowest BCUT2D eigenvalue weighted by Gasteiger charge is -2.35. The van der Waals surface area contributed by atoms with Gasteiger partial charge in [0.25, 0.3) is 11.8 Å². The normalized spacial score (nSPS) is 21.7. The molecule has 0 spiro atoms. The van der Waals surface area contributed by atoms with Crippen LogP contribution in [0.25, 0.3) is 0 Å². The number of nitrogens with zero attached hydrogens (tertiary/aromatic N) is 4. The second-order valence-corrected chi connectivity index (χ2v) is 11.7. The molecule has 2 N–H and O–H groups in total. The number of amides is 2. The van der Waals surface area contributed by atoms with E-state index >= 15 is 0 Å². The summed E-state index contributed by atoms with van der Waals surface area (Å²) in [5.41, 5.74) is 1.21. The fourth-order valence-electron chi connectivity index (χ4n) is 3.17. The molecule has 2 amide bonds. The zero-order chi connectivity index (χ0) is 25.4. The zero-order valence-corrected chi connectivity index (χ0v) is 22.0. The Bertz CT molecular complexity index is 779. The number of allylic oxidation sites excluding steroid dienone is 1. The predicted octanol–water partition coefficient (Wildman–Crippen LogP) is 4.16. The van der Waals surface area contributed by atoms with E-state index in [0.717, 1.165) is 25.3 Å². The summed E-state index contributed by atoms with van der Waals surface area (Å²) in [6.07, 6.45) is 4.58. The molecule has 0 radical (unpaired) electrons. The summed E-state index contributed by atoms with van der Waals surface area (Å²) in [6, 6.07) is 0.563. The minimum Gasteiger partial charge on any atom is -0.382 e. The number of hydrogen-bond acceptors (Lipinski definition) is 6. The molecule has 0 aromatic heterocycles. The molecule has 0 bridgehead atoms. The van der Waals surface area contributed by atoms with Crippen LogP contribution < -0.4 is 10.6 Å². The maximum Gasteiger partial charge on any atom is 0.265 e. The van der Waals surface area contributed by atoms with Gasteiger partial charge in [0.2, 0.25) is 0 Å². The Labute approximate surface area is 214 Å². The average Bonchev–Trinajstić information content (AvgIpc) is 2.67. The SMILES string of the molecule is C.C.C=C1C=NC(C(C)(C)C)CN1.CC(C)(C)C1CN=CC(=O)N1.CC(C)(C)N1CCN=CC1=O. The van der Waals surface area contributed by atoms with E-state index in [-0.39, 0.29) is 49.1 Å². The molecule has 3 rings (SSSR count). The molecule has 0 saturated heterocycles. The quantitative estimate of drug-likeness (QED) is 0.531. The average molecular weight is 493 g/mol. The maximum atomic E-state index is 11.2. The van der Waals surface area contributed by atoms with Crippen LogP contribution >= 0.6 is 0 Å². The first-order valence-corrected chi connectivity index (χ1v) is 11.6. The predicted molar refractivity (Wildman–Crippen MR) is 152 cm³/mol. The summed E-state index contributed by atoms with van der Waals surface area (Å²) in [7, 11) is 0. The van der Waals surface area contributed by atoms with Gasteiger partial charge in [0.15, 0.2) is 0 Å². The van der Waals surface area contributed by atoms with Crippen LogP contribution in [-0.4, -0.2) is 79.2 Å². The summed E-state index contributed by atoms with van der Waals surface area (Å²) in [5.74, 6) is -0.0417. The van der Waals surface area contributed by atoms with E-state index in [0.29, 0.717) is 12.6 Å². The molecule has 3 heterocycles. The highest BCUT2D eigenvalue weighted by molar-refractivity contribution is 6.27. The lowest BCUT2D eigenvalue weighted by Crippen LogP contribution is -2.49. The molecule has 3 aliphatic heterocycles. The molecule has 2 atom stereocenters. The largest absolute Gasteiger partial charge is 0.382 e. The Morgan fingerprint density at radius 3 is 1.86 bits per heavy atom. The fourth-order valence-corrected chi connectivity index (χ4v) is 3.17. The molecule has 3 aliphatic rings. The molecular formula is C27H52N6O2. The van der Waals surface area contributed by atoms with Crippen LogP contribution in [0.15, 0.2) is 27.3 Å². The zero-order valence-electron chi connectivity index (χ0n) is 22.0. The number of carbonyl (C=O) groups excluding carboxylic acids is 2. The van der Waals surface area contributed by atoms with Crippen molar-refractivity contribution in [3.8, 4) is 0 Å². The molecule has 2 unspecified atom stereocenters. The number of rotatable bonds is 0. The number of aliphatic imine (C=N–C) groups is 3. The van der Waals surface area contributed by atoms with Crippen molar-refractivity contribution < 1.29 is 9.59 Å². The van der Waals surface area contributed by atoms with Crippen LogP contribution in [0.2, 0.25) is 0 Å². The highest BCUT2D eigenvalue weighted by Crippen LogP contribution is 2.23. The molecule has 202 valence electrons. The first-order chi connectivity index (χ1) is 15.0. The van der Waals surface area contributed by atoms with Crippen LogP contribution in [0.4, 0.5) is 0 Å². The van der Waals surface area contributed by atoms with Gasteiger partial charge in [-0.1, -0.05) is 63.0 Å². The van der Waals surface area contributed by atoms with Crippen molar-refractivity contribution >= 4 is 30.5 Å². The van der Waals surface area contributed by atoms with Gasteiger partial charge in [0, 0.05) is 30.5 Å². The summed E-state index contributed by atoms with van der Waals surface area (Å²) in [5, 5.41) is 6.06. The standard InChI is InChI=1S/C9H16N2.2C8H14N2O.2CH4/c1-7-5-11-8(6-10-7)9(2,3)4;1-8(2,3)6-4-9-5-7(11)10-6;1-8(2,3)10-5-4-9-6-7(10)11;;/h5,8,10H,1,6H2,2-4H3;5-6H,4H2,1-3H3,(H,10,11);6H,4-5H2,1-3H3;2*1H4. The number of nitrogens with one attached hydrogen (secondary N) is 2. The molecule has 8 heteroatoms. The Hall–Kier alpha value is -2.51. The van der Waals surface area contributed by atoms with E-state index in [4.69, 9.17) is 0 Å². The van der Waals surface area contributed by atoms with Crippen molar-refractivity contribution in [3.05, 3.63) is 12.3 Å². The van der Waals surface area contributed by atoms with Crippen LogP contribution in [0.5, 0.6) is 0 Å². The molecule has 0 aromatic carbocycles. The van der Waals surface area contributed by atoms with Gasteiger partial charge in [-0.05, 0) is 31.6 Å². The Balaban J connectivity index is 0. The molecule has 0 aliphatic carbocycles. The molecule has 35 heavy (non-hydrogen) atoms. The van der Waals surface area contributed by atoms with Crippen LogP contribution in [0.3, 0.4) is 0 Å².